The van der Waals surface area contributed by atoms with Crippen LogP contribution >= 0.6 is 0 Å². The van der Waals surface area contributed by atoms with Crippen LogP contribution in [0.5, 0.6) is 0 Å². The molecule has 0 saturated carbocycles. The zero-order valence-electron chi connectivity index (χ0n) is 11.4. The molecule has 1 unspecified atom stereocenters. The van der Waals surface area contributed by atoms with Gasteiger partial charge in [-0.3, -0.25) is 5.10 Å². The van der Waals surface area contributed by atoms with E-state index in [-0.39, 0.29) is 0 Å². The van der Waals surface area contributed by atoms with Crippen LogP contribution in [0.4, 0.5) is 0 Å². The lowest BCUT2D eigenvalue weighted by molar-refractivity contribution is 0.625. The van der Waals surface area contributed by atoms with Crippen molar-refractivity contribution < 1.29 is 0 Å². The minimum atomic E-state index is 0.459. The van der Waals surface area contributed by atoms with E-state index in [1.165, 1.54) is 36.1 Å². The number of aromatic amines is 1. The number of aromatic nitrogens is 2. The van der Waals surface area contributed by atoms with E-state index in [4.69, 9.17) is 0 Å². The lowest BCUT2D eigenvalue weighted by atomic mass is 10.1. The van der Waals surface area contributed by atoms with Crippen LogP contribution in [0.3, 0.4) is 0 Å². The van der Waals surface area contributed by atoms with E-state index in [1.54, 1.807) is 0 Å². The molecular weight excluding hydrogens is 234 g/mol. The molecule has 3 nitrogen and oxygen atoms in total. The first-order valence-corrected chi connectivity index (χ1v) is 7.25. The van der Waals surface area contributed by atoms with Crippen LogP contribution in [0.1, 0.15) is 43.5 Å². The van der Waals surface area contributed by atoms with Crippen LogP contribution in [0.25, 0.3) is 11.3 Å². The fourth-order valence-corrected chi connectivity index (χ4v) is 2.74. The Labute approximate surface area is 114 Å². The summed E-state index contributed by atoms with van der Waals surface area (Å²) in [5.74, 6) is 0. The van der Waals surface area contributed by atoms with Crippen LogP contribution in [0.2, 0.25) is 0 Å². The molecule has 3 heteroatoms. The van der Waals surface area contributed by atoms with Crippen molar-refractivity contribution in [3.8, 4) is 11.3 Å². The third kappa shape index (κ3) is 2.71. The highest BCUT2D eigenvalue weighted by molar-refractivity contribution is 5.59. The molecule has 0 aliphatic carbocycles. The minimum Gasteiger partial charge on any atom is -0.309 e. The zero-order valence-corrected chi connectivity index (χ0v) is 11.4. The summed E-state index contributed by atoms with van der Waals surface area (Å²) >= 11 is 0. The summed E-state index contributed by atoms with van der Waals surface area (Å²) in [5.41, 5.74) is 4.86. The summed E-state index contributed by atoms with van der Waals surface area (Å²) in [5, 5.41) is 11.1. The second-order valence-corrected chi connectivity index (χ2v) is 5.30. The van der Waals surface area contributed by atoms with E-state index in [9.17, 15) is 0 Å². The van der Waals surface area contributed by atoms with Gasteiger partial charge in [0, 0.05) is 11.6 Å². The second kappa shape index (κ2) is 5.57. The summed E-state index contributed by atoms with van der Waals surface area (Å²) in [7, 11) is 0. The lowest BCUT2D eigenvalue weighted by Crippen LogP contribution is -2.12. The first-order chi connectivity index (χ1) is 9.36. The van der Waals surface area contributed by atoms with Crippen molar-refractivity contribution in [1.29, 1.82) is 0 Å². The van der Waals surface area contributed by atoms with Crippen LogP contribution in [-0.2, 0) is 6.42 Å². The van der Waals surface area contributed by atoms with Gasteiger partial charge in [0.25, 0.3) is 0 Å². The Balaban J connectivity index is 1.77. The van der Waals surface area contributed by atoms with Crippen molar-refractivity contribution >= 4 is 0 Å². The third-order valence-corrected chi connectivity index (χ3v) is 3.82. The van der Waals surface area contributed by atoms with Crippen LogP contribution in [-0.4, -0.2) is 16.7 Å². The standard InChI is InChI=1S/C16H21N3/c1-2-4-12-6-8-13(9-7-12)15-11-16(19-18-15)14-5-3-10-17-14/h6-9,11,14,17H,2-5,10H2,1H3,(H,18,19). The largest absolute Gasteiger partial charge is 0.309 e. The first kappa shape index (κ1) is 12.4. The Morgan fingerprint density at radius 2 is 2.11 bits per heavy atom. The molecule has 0 radical (unpaired) electrons. The molecule has 0 amide bonds. The highest BCUT2D eigenvalue weighted by Crippen LogP contribution is 2.25. The van der Waals surface area contributed by atoms with Gasteiger partial charge in [0.2, 0.25) is 0 Å². The molecule has 1 aliphatic heterocycles. The fourth-order valence-electron chi connectivity index (χ4n) is 2.74. The molecule has 2 N–H and O–H groups in total. The van der Waals surface area contributed by atoms with Crippen LogP contribution in [0.15, 0.2) is 30.3 Å². The minimum absolute atomic E-state index is 0.459. The topological polar surface area (TPSA) is 40.7 Å². The fraction of sp³-hybridized carbons (Fsp3) is 0.438. The van der Waals surface area contributed by atoms with E-state index >= 15 is 0 Å². The molecule has 1 fully saturated rings. The van der Waals surface area contributed by atoms with E-state index in [0.717, 1.165) is 18.7 Å². The maximum absolute atomic E-state index is 4.44. The molecule has 0 bridgehead atoms. The SMILES string of the molecule is CCCc1ccc(-c2cc(C3CCCN3)[nH]n2)cc1. The van der Waals surface area contributed by atoms with E-state index in [0.29, 0.717) is 6.04 Å². The Morgan fingerprint density at radius 3 is 2.79 bits per heavy atom. The molecule has 1 aliphatic rings. The molecule has 2 heterocycles. The van der Waals surface area contributed by atoms with E-state index < -0.39 is 0 Å². The Bertz CT molecular complexity index is 521. The van der Waals surface area contributed by atoms with Gasteiger partial charge in [0.05, 0.1) is 11.4 Å². The predicted octanol–water partition coefficient (Wildman–Crippen LogP) is 3.45. The Hall–Kier alpha value is -1.61. The molecule has 1 atom stereocenters. The number of nitrogens with zero attached hydrogens (tertiary/aromatic N) is 1. The van der Waals surface area contributed by atoms with E-state index in [2.05, 4.69) is 52.8 Å². The number of hydrogen-bond donors (Lipinski definition) is 2. The van der Waals surface area contributed by atoms with Crippen molar-refractivity contribution in [2.24, 2.45) is 0 Å². The smallest absolute Gasteiger partial charge is 0.0924 e. The van der Waals surface area contributed by atoms with Crippen molar-refractivity contribution in [3.63, 3.8) is 0 Å². The average Bonchev–Trinajstić information content (AvgIpc) is 3.11. The molecule has 100 valence electrons. The van der Waals surface area contributed by atoms with Crippen molar-refractivity contribution in [2.45, 2.75) is 38.6 Å². The predicted molar refractivity (Wildman–Crippen MR) is 78.0 cm³/mol. The van der Waals surface area contributed by atoms with Crippen molar-refractivity contribution in [3.05, 3.63) is 41.6 Å². The van der Waals surface area contributed by atoms with Gasteiger partial charge in [-0.1, -0.05) is 37.6 Å². The highest BCUT2D eigenvalue weighted by Gasteiger charge is 2.18. The number of nitrogens with one attached hydrogen (secondary N) is 2. The monoisotopic (exact) mass is 255 g/mol. The maximum Gasteiger partial charge on any atom is 0.0924 e. The van der Waals surface area contributed by atoms with Crippen LogP contribution < -0.4 is 5.32 Å². The highest BCUT2D eigenvalue weighted by atomic mass is 15.1. The molecular formula is C16H21N3. The van der Waals surface area contributed by atoms with E-state index in [1.807, 2.05) is 0 Å². The average molecular weight is 255 g/mol. The summed E-state index contributed by atoms with van der Waals surface area (Å²) in [6.07, 6.45) is 4.80. The number of benzene rings is 1. The molecule has 1 saturated heterocycles. The van der Waals surface area contributed by atoms with Crippen LogP contribution in [0, 0.1) is 0 Å². The number of H-pyrrole nitrogens is 1. The third-order valence-electron chi connectivity index (χ3n) is 3.82. The summed E-state index contributed by atoms with van der Waals surface area (Å²) < 4.78 is 0. The van der Waals surface area contributed by atoms with Gasteiger partial charge in [-0.2, -0.15) is 5.10 Å². The quantitative estimate of drug-likeness (QED) is 0.878. The lowest BCUT2D eigenvalue weighted by Gasteiger charge is -2.05. The number of aryl methyl sites for hydroxylation is 1. The summed E-state index contributed by atoms with van der Waals surface area (Å²) in [6.45, 7) is 3.33. The van der Waals surface area contributed by atoms with Gasteiger partial charge in [-0.25, -0.2) is 0 Å². The molecule has 19 heavy (non-hydrogen) atoms. The Kier molecular flexibility index (Phi) is 3.65. The second-order valence-electron chi connectivity index (χ2n) is 5.30. The molecule has 0 spiro atoms. The molecule has 3 rings (SSSR count). The Morgan fingerprint density at radius 1 is 1.26 bits per heavy atom. The van der Waals surface area contributed by atoms with Gasteiger partial charge in [-0.15, -0.1) is 0 Å². The van der Waals surface area contributed by atoms with Crippen molar-refractivity contribution in [2.75, 3.05) is 6.54 Å². The molecule has 1 aromatic carbocycles. The maximum atomic E-state index is 4.44. The molecule has 1 aromatic heterocycles. The zero-order chi connectivity index (χ0) is 13.1. The normalized spacial score (nSPS) is 18.9. The van der Waals surface area contributed by atoms with Crippen molar-refractivity contribution in [1.82, 2.24) is 15.5 Å². The van der Waals surface area contributed by atoms with Gasteiger partial charge in [-0.05, 0) is 37.4 Å². The van der Waals surface area contributed by atoms with Gasteiger partial charge in [0.15, 0.2) is 0 Å². The number of rotatable bonds is 4. The van der Waals surface area contributed by atoms with Gasteiger partial charge >= 0.3 is 0 Å². The number of hydrogen-bond acceptors (Lipinski definition) is 2. The first-order valence-electron chi connectivity index (χ1n) is 7.25. The molecule has 2 aromatic rings. The van der Waals surface area contributed by atoms with Gasteiger partial charge < -0.3 is 5.32 Å². The summed E-state index contributed by atoms with van der Waals surface area (Å²) in [6, 6.07) is 11.4. The van der Waals surface area contributed by atoms with Gasteiger partial charge in [0.1, 0.15) is 0 Å². The summed E-state index contributed by atoms with van der Waals surface area (Å²) in [4.78, 5) is 0.